The van der Waals surface area contributed by atoms with E-state index in [2.05, 4.69) is 10.3 Å². The summed E-state index contributed by atoms with van der Waals surface area (Å²) in [5.41, 5.74) is 1.69. The van der Waals surface area contributed by atoms with E-state index in [9.17, 15) is 9.18 Å². The molecule has 1 aromatic heterocycles. The molecular weight excluding hydrogens is 231 g/mol. The number of pyridine rings is 1. The van der Waals surface area contributed by atoms with Crippen LogP contribution in [0.1, 0.15) is 21.6 Å². The van der Waals surface area contributed by atoms with Crippen molar-refractivity contribution >= 4 is 5.91 Å². The summed E-state index contributed by atoms with van der Waals surface area (Å²) in [5.74, 6) is -0.542. The number of aromatic nitrogens is 1. The SMILES string of the molecule is Cc1cc(C(=O)NCc2ccccn2)ccc1F. The molecule has 0 radical (unpaired) electrons. The number of nitrogens with one attached hydrogen (secondary N) is 1. The molecule has 0 unspecified atom stereocenters. The van der Waals surface area contributed by atoms with Crippen LogP contribution in [-0.2, 0) is 6.54 Å². The second-order valence-electron chi connectivity index (χ2n) is 3.97. The van der Waals surface area contributed by atoms with E-state index in [0.717, 1.165) is 5.69 Å². The molecule has 0 aliphatic carbocycles. The quantitative estimate of drug-likeness (QED) is 0.901. The van der Waals surface area contributed by atoms with Gasteiger partial charge in [-0.2, -0.15) is 0 Å². The van der Waals surface area contributed by atoms with Gasteiger partial charge in [-0.3, -0.25) is 9.78 Å². The first-order valence-corrected chi connectivity index (χ1v) is 5.61. The Hall–Kier alpha value is -2.23. The lowest BCUT2D eigenvalue weighted by atomic mass is 10.1. The molecule has 0 saturated heterocycles. The van der Waals surface area contributed by atoms with Crippen molar-refractivity contribution in [3.8, 4) is 0 Å². The molecule has 4 heteroatoms. The maximum atomic E-state index is 13.1. The highest BCUT2D eigenvalue weighted by Gasteiger charge is 2.07. The van der Waals surface area contributed by atoms with Crippen LogP contribution < -0.4 is 5.32 Å². The molecule has 3 nitrogen and oxygen atoms in total. The molecule has 1 amide bonds. The molecule has 0 bridgehead atoms. The Morgan fingerprint density at radius 3 is 2.83 bits per heavy atom. The van der Waals surface area contributed by atoms with Crippen LogP contribution in [0.5, 0.6) is 0 Å². The highest BCUT2D eigenvalue weighted by atomic mass is 19.1. The molecule has 18 heavy (non-hydrogen) atoms. The Balaban J connectivity index is 2.02. The maximum Gasteiger partial charge on any atom is 0.251 e. The van der Waals surface area contributed by atoms with E-state index in [1.165, 1.54) is 18.2 Å². The van der Waals surface area contributed by atoms with Gasteiger partial charge in [0, 0.05) is 11.8 Å². The lowest BCUT2D eigenvalue weighted by Crippen LogP contribution is -2.23. The summed E-state index contributed by atoms with van der Waals surface area (Å²) < 4.78 is 13.1. The van der Waals surface area contributed by atoms with E-state index in [0.29, 0.717) is 17.7 Å². The molecule has 1 heterocycles. The van der Waals surface area contributed by atoms with Crippen LogP contribution in [0, 0.1) is 12.7 Å². The highest BCUT2D eigenvalue weighted by Crippen LogP contribution is 2.09. The van der Waals surface area contributed by atoms with E-state index in [1.54, 1.807) is 13.1 Å². The van der Waals surface area contributed by atoms with Crippen molar-refractivity contribution in [2.75, 3.05) is 0 Å². The molecule has 2 rings (SSSR count). The second-order valence-corrected chi connectivity index (χ2v) is 3.97. The van der Waals surface area contributed by atoms with Crippen LogP contribution in [0.3, 0.4) is 0 Å². The van der Waals surface area contributed by atoms with Crippen molar-refractivity contribution in [3.05, 3.63) is 65.2 Å². The number of benzene rings is 1. The van der Waals surface area contributed by atoms with Gasteiger partial charge in [0.05, 0.1) is 12.2 Å². The summed E-state index contributed by atoms with van der Waals surface area (Å²) in [5, 5.41) is 2.74. The van der Waals surface area contributed by atoms with E-state index >= 15 is 0 Å². The normalized spacial score (nSPS) is 10.1. The lowest BCUT2D eigenvalue weighted by Gasteiger charge is -2.05. The van der Waals surface area contributed by atoms with Gasteiger partial charge in [-0.1, -0.05) is 6.07 Å². The maximum absolute atomic E-state index is 13.1. The minimum atomic E-state index is -0.309. The van der Waals surface area contributed by atoms with Crippen molar-refractivity contribution in [3.63, 3.8) is 0 Å². The monoisotopic (exact) mass is 244 g/mol. The number of nitrogens with zero attached hydrogens (tertiary/aromatic N) is 1. The minimum absolute atomic E-state index is 0.233. The van der Waals surface area contributed by atoms with E-state index in [1.807, 2.05) is 18.2 Å². The van der Waals surface area contributed by atoms with Crippen LogP contribution in [0.2, 0.25) is 0 Å². The Bertz CT molecular complexity index is 555. The largest absolute Gasteiger partial charge is 0.346 e. The van der Waals surface area contributed by atoms with Crippen molar-refractivity contribution in [1.82, 2.24) is 10.3 Å². The van der Waals surface area contributed by atoms with Crippen molar-refractivity contribution in [2.24, 2.45) is 0 Å². The zero-order valence-corrected chi connectivity index (χ0v) is 9.98. The molecule has 0 aliphatic rings. The van der Waals surface area contributed by atoms with Gasteiger partial charge >= 0.3 is 0 Å². The molecule has 1 N–H and O–H groups in total. The van der Waals surface area contributed by atoms with Gasteiger partial charge in [0.15, 0.2) is 0 Å². The number of halogens is 1. The van der Waals surface area contributed by atoms with Gasteiger partial charge in [0.1, 0.15) is 5.82 Å². The van der Waals surface area contributed by atoms with Crippen molar-refractivity contribution < 1.29 is 9.18 Å². The van der Waals surface area contributed by atoms with Gasteiger partial charge in [-0.25, -0.2) is 4.39 Å². The first-order chi connectivity index (χ1) is 8.66. The number of amides is 1. The number of hydrogen-bond donors (Lipinski definition) is 1. The summed E-state index contributed by atoms with van der Waals surface area (Å²) in [6, 6.07) is 9.80. The number of hydrogen-bond acceptors (Lipinski definition) is 2. The Kier molecular flexibility index (Phi) is 3.67. The average Bonchev–Trinajstić information content (AvgIpc) is 2.40. The number of aryl methyl sites for hydroxylation is 1. The van der Waals surface area contributed by atoms with E-state index in [-0.39, 0.29) is 11.7 Å². The number of carbonyl (C=O) groups excluding carboxylic acids is 1. The predicted octanol–water partition coefficient (Wildman–Crippen LogP) is 2.46. The van der Waals surface area contributed by atoms with Gasteiger partial charge in [0.25, 0.3) is 5.91 Å². The van der Waals surface area contributed by atoms with E-state index < -0.39 is 0 Å². The molecule has 0 atom stereocenters. The van der Waals surface area contributed by atoms with Crippen LogP contribution in [-0.4, -0.2) is 10.9 Å². The third-order valence-electron chi connectivity index (χ3n) is 2.58. The van der Waals surface area contributed by atoms with Gasteiger partial charge < -0.3 is 5.32 Å². The van der Waals surface area contributed by atoms with Gasteiger partial charge in [-0.15, -0.1) is 0 Å². The predicted molar refractivity (Wildman–Crippen MR) is 66.5 cm³/mol. The van der Waals surface area contributed by atoms with Crippen LogP contribution in [0.25, 0.3) is 0 Å². The zero-order chi connectivity index (χ0) is 13.0. The molecule has 2 aromatic rings. The molecule has 92 valence electrons. The summed E-state index contributed by atoms with van der Waals surface area (Å²) in [4.78, 5) is 15.9. The summed E-state index contributed by atoms with van der Waals surface area (Å²) in [6.45, 7) is 1.99. The fourth-order valence-electron chi connectivity index (χ4n) is 1.56. The third kappa shape index (κ3) is 2.91. The summed E-state index contributed by atoms with van der Waals surface area (Å²) in [6.07, 6.45) is 1.67. The molecule has 0 aliphatic heterocycles. The van der Waals surface area contributed by atoms with Gasteiger partial charge in [0.2, 0.25) is 0 Å². The fourth-order valence-corrected chi connectivity index (χ4v) is 1.56. The fraction of sp³-hybridized carbons (Fsp3) is 0.143. The van der Waals surface area contributed by atoms with Crippen molar-refractivity contribution in [2.45, 2.75) is 13.5 Å². The van der Waals surface area contributed by atoms with E-state index in [4.69, 9.17) is 0 Å². The average molecular weight is 244 g/mol. The first-order valence-electron chi connectivity index (χ1n) is 5.61. The summed E-state index contributed by atoms with van der Waals surface area (Å²) in [7, 11) is 0. The topological polar surface area (TPSA) is 42.0 Å². The Labute approximate surface area is 105 Å². The van der Waals surface area contributed by atoms with Crippen LogP contribution in [0.15, 0.2) is 42.6 Å². The Morgan fingerprint density at radius 1 is 1.33 bits per heavy atom. The standard InChI is InChI=1S/C14H13FN2O/c1-10-8-11(5-6-13(10)15)14(18)17-9-12-4-2-3-7-16-12/h2-8H,9H2,1H3,(H,17,18). The van der Waals surface area contributed by atoms with Crippen LogP contribution in [0.4, 0.5) is 4.39 Å². The second kappa shape index (κ2) is 5.40. The molecule has 0 spiro atoms. The van der Waals surface area contributed by atoms with Gasteiger partial charge in [-0.05, 0) is 42.8 Å². The molecule has 0 saturated carbocycles. The molecule has 1 aromatic carbocycles. The first kappa shape index (κ1) is 12.2. The lowest BCUT2D eigenvalue weighted by molar-refractivity contribution is 0.0950. The smallest absolute Gasteiger partial charge is 0.251 e. The molecular formula is C14H13FN2O. The number of rotatable bonds is 3. The highest BCUT2D eigenvalue weighted by molar-refractivity contribution is 5.94. The molecule has 0 fully saturated rings. The minimum Gasteiger partial charge on any atom is -0.346 e. The zero-order valence-electron chi connectivity index (χ0n) is 9.98. The third-order valence-corrected chi connectivity index (χ3v) is 2.58. The number of carbonyl (C=O) groups is 1. The van der Waals surface area contributed by atoms with Crippen LogP contribution >= 0.6 is 0 Å². The Morgan fingerprint density at radius 2 is 2.17 bits per heavy atom. The van der Waals surface area contributed by atoms with Crippen molar-refractivity contribution in [1.29, 1.82) is 0 Å². The summed E-state index contributed by atoms with van der Waals surface area (Å²) >= 11 is 0.